The fraction of sp³-hybridized carbons (Fsp3) is 0.733. The van der Waals surface area contributed by atoms with Crippen molar-refractivity contribution in [3.63, 3.8) is 0 Å². The maximum Gasteiger partial charge on any atom is 0.0275 e. The van der Waals surface area contributed by atoms with E-state index in [-0.39, 0.29) is 11.0 Å². The second-order valence-electron chi connectivity index (χ2n) is 6.43. The quantitative estimate of drug-likeness (QED) is 0.616. The van der Waals surface area contributed by atoms with Crippen LogP contribution in [0.15, 0.2) is 23.8 Å². The van der Waals surface area contributed by atoms with E-state index in [4.69, 9.17) is 5.73 Å². The molecule has 0 aliphatic heterocycles. The van der Waals surface area contributed by atoms with E-state index in [2.05, 4.69) is 33.4 Å². The first kappa shape index (κ1) is 11.9. The Morgan fingerprint density at radius 1 is 1.38 bits per heavy atom. The van der Waals surface area contributed by atoms with Crippen molar-refractivity contribution in [3.05, 3.63) is 23.8 Å². The van der Waals surface area contributed by atoms with E-state index in [1.165, 1.54) is 17.6 Å². The number of rotatable bonds is 0. The summed E-state index contributed by atoms with van der Waals surface area (Å²) in [4.78, 5) is 0. The molecule has 0 aromatic rings. The van der Waals surface area contributed by atoms with Gasteiger partial charge in [-0.15, -0.1) is 0 Å². The average molecular weight is 219 g/mol. The molecule has 90 valence electrons. The molecule has 0 amide bonds. The van der Waals surface area contributed by atoms with E-state index in [9.17, 15) is 0 Å². The molecular weight excluding hydrogens is 194 g/mol. The van der Waals surface area contributed by atoms with Gasteiger partial charge in [0.05, 0.1) is 0 Å². The average Bonchev–Trinajstić information content (AvgIpc) is 2.25. The lowest BCUT2D eigenvalue weighted by atomic mass is 9.47. The van der Waals surface area contributed by atoms with E-state index < -0.39 is 0 Å². The van der Waals surface area contributed by atoms with Gasteiger partial charge in [-0.2, -0.15) is 0 Å². The molecule has 0 radical (unpaired) electrons. The van der Waals surface area contributed by atoms with Gasteiger partial charge >= 0.3 is 0 Å². The SMILES string of the molecule is C=C1CC/C=C(\C)CC[C@]2(N)[C@@H]1CC2(C)C. The molecule has 0 aromatic heterocycles. The van der Waals surface area contributed by atoms with Crippen LogP contribution >= 0.6 is 0 Å². The predicted octanol–water partition coefficient (Wildman–Crippen LogP) is 3.81. The number of hydrogen-bond acceptors (Lipinski definition) is 1. The van der Waals surface area contributed by atoms with Crippen LogP contribution in [0, 0.1) is 11.3 Å². The first-order valence-electron chi connectivity index (χ1n) is 6.49. The molecule has 1 heteroatoms. The van der Waals surface area contributed by atoms with Crippen molar-refractivity contribution in [1.29, 1.82) is 0 Å². The maximum absolute atomic E-state index is 6.69. The first-order chi connectivity index (χ1) is 7.37. The van der Waals surface area contributed by atoms with Gasteiger partial charge in [0.25, 0.3) is 0 Å². The van der Waals surface area contributed by atoms with Gasteiger partial charge in [0.1, 0.15) is 0 Å². The van der Waals surface area contributed by atoms with E-state index in [1.807, 2.05) is 0 Å². The van der Waals surface area contributed by atoms with Crippen molar-refractivity contribution in [2.75, 3.05) is 0 Å². The van der Waals surface area contributed by atoms with Crippen molar-refractivity contribution in [1.82, 2.24) is 0 Å². The Morgan fingerprint density at radius 2 is 2.06 bits per heavy atom. The Labute approximate surface area is 99.8 Å². The van der Waals surface area contributed by atoms with E-state index in [0.29, 0.717) is 5.92 Å². The van der Waals surface area contributed by atoms with Gasteiger partial charge in [-0.3, -0.25) is 0 Å². The molecule has 2 atom stereocenters. The highest BCUT2D eigenvalue weighted by Crippen LogP contribution is 2.58. The monoisotopic (exact) mass is 219 g/mol. The molecule has 0 saturated heterocycles. The summed E-state index contributed by atoms with van der Waals surface area (Å²) in [6, 6.07) is 0. The Bertz CT molecular complexity index is 337. The summed E-state index contributed by atoms with van der Waals surface area (Å²) in [6.07, 6.45) is 8.14. The van der Waals surface area contributed by atoms with Crippen LogP contribution in [0.3, 0.4) is 0 Å². The molecule has 1 nitrogen and oxygen atoms in total. The number of fused-ring (bicyclic) bond motifs is 1. The van der Waals surface area contributed by atoms with Crippen molar-refractivity contribution >= 4 is 0 Å². The van der Waals surface area contributed by atoms with E-state index in [0.717, 1.165) is 25.7 Å². The molecule has 2 aliphatic carbocycles. The molecule has 0 aromatic carbocycles. The van der Waals surface area contributed by atoms with Crippen molar-refractivity contribution in [2.24, 2.45) is 17.1 Å². The van der Waals surface area contributed by atoms with Crippen LogP contribution in [0.2, 0.25) is 0 Å². The van der Waals surface area contributed by atoms with Crippen LogP contribution in [0.25, 0.3) is 0 Å². The minimum Gasteiger partial charge on any atom is -0.324 e. The van der Waals surface area contributed by atoms with Crippen molar-refractivity contribution < 1.29 is 0 Å². The summed E-state index contributed by atoms with van der Waals surface area (Å²) < 4.78 is 0. The summed E-state index contributed by atoms with van der Waals surface area (Å²) in [5.41, 5.74) is 9.85. The summed E-state index contributed by atoms with van der Waals surface area (Å²) >= 11 is 0. The number of allylic oxidation sites excluding steroid dienone is 2. The summed E-state index contributed by atoms with van der Waals surface area (Å²) in [5.74, 6) is 0.557. The molecule has 2 N–H and O–H groups in total. The molecule has 1 saturated carbocycles. The Morgan fingerprint density at radius 3 is 2.69 bits per heavy atom. The van der Waals surface area contributed by atoms with Crippen LogP contribution < -0.4 is 5.73 Å². The lowest BCUT2D eigenvalue weighted by molar-refractivity contribution is -0.0295. The van der Waals surface area contributed by atoms with Crippen LogP contribution in [-0.2, 0) is 0 Å². The third-order valence-corrected chi connectivity index (χ3v) is 4.98. The lowest BCUT2D eigenvalue weighted by Gasteiger charge is -2.61. The normalized spacial score (nSPS) is 41.9. The highest BCUT2D eigenvalue weighted by molar-refractivity contribution is 5.25. The smallest absolute Gasteiger partial charge is 0.0275 e. The summed E-state index contributed by atoms with van der Waals surface area (Å²) in [6.45, 7) is 11.1. The zero-order valence-corrected chi connectivity index (χ0v) is 11.0. The molecule has 16 heavy (non-hydrogen) atoms. The predicted molar refractivity (Wildman–Crippen MR) is 70.2 cm³/mol. The highest BCUT2D eigenvalue weighted by Gasteiger charge is 2.57. The van der Waals surface area contributed by atoms with Crippen molar-refractivity contribution in [2.45, 2.75) is 58.4 Å². The van der Waals surface area contributed by atoms with Gasteiger partial charge in [-0.25, -0.2) is 0 Å². The Balaban J connectivity index is 2.24. The first-order valence-corrected chi connectivity index (χ1v) is 6.49. The molecule has 0 unspecified atom stereocenters. The Kier molecular flexibility index (Phi) is 2.78. The topological polar surface area (TPSA) is 26.0 Å². The van der Waals surface area contributed by atoms with Gasteiger partial charge in [-0.1, -0.05) is 37.6 Å². The molecule has 1 fully saturated rings. The molecule has 0 heterocycles. The van der Waals surface area contributed by atoms with Gasteiger partial charge in [0.15, 0.2) is 0 Å². The molecule has 0 bridgehead atoms. The lowest BCUT2D eigenvalue weighted by Crippen LogP contribution is -2.67. The molecule has 2 rings (SSSR count). The zero-order valence-electron chi connectivity index (χ0n) is 11.0. The standard InChI is InChI=1S/C15H25N/c1-11-6-5-7-12(2)13-10-14(3,4)15(13,16)9-8-11/h6,13H,2,5,7-10,16H2,1,3-4H3/b11-6+/t13-,15+/m1/s1. The molecule has 0 spiro atoms. The minimum absolute atomic E-state index is 0.0104. The fourth-order valence-corrected chi connectivity index (χ4v) is 3.43. The third-order valence-electron chi connectivity index (χ3n) is 4.98. The van der Waals surface area contributed by atoms with E-state index >= 15 is 0 Å². The van der Waals surface area contributed by atoms with Gasteiger partial charge in [-0.05, 0) is 50.4 Å². The molecule has 2 aliphatic rings. The maximum atomic E-state index is 6.69. The highest BCUT2D eigenvalue weighted by atomic mass is 14.9. The fourth-order valence-electron chi connectivity index (χ4n) is 3.43. The third kappa shape index (κ3) is 1.66. The van der Waals surface area contributed by atoms with Gasteiger partial charge in [0.2, 0.25) is 0 Å². The zero-order chi connectivity index (χ0) is 12.0. The van der Waals surface area contributed by atoms with Gasteiger partial charge < -0.3 is 5.73 Å². The van der Waals surface area contributed by atoms with Crippen molar-refractivity contribution in [3.8, 4) is 0 Å². The van der Waals surface area contributed by atoms with Crippen LogP contribution in [0.5, 0.6) is 0 Å². The second-order valence-corrected chi connectivity index (χ2v) is 6.43. The number of hydrogen-bond donors (Lipinski definition) is 1. The summed E-state index contributed by atoms with van der Waals surface area (Å²) in [7, 11) is 0. The van der Waals surface area contributed by atoms with Crippen LogP contribution in [-0.4, -0.2) is 5.54 Å². The van der Waals surface area contributed by atoms with Crippen LogP contribution in [0.1, 0.15) is 52.9 Å². The van der Waals surface area contributed by atoms with Gasteiger partial charge in [0, 0.05) is 5.54 Å². The largest absolute Gasteiger partial charge is 0.324 e. The Hall–Kier alpha value is -0.560. The van der Waals surface area contributed by atoms with E-state index in [1.54, 1.807) is 0 Å². The van der Waals surface area contributed by atoms with Crippen LogP contribution in [0.4, 0.5) is 0 Å². The molecular formula is C15H25N. The second kappa shape index (κ2) is 3.73. The number of nitrogens with two attached hydrogens (primary N) is 1. The summed E-state index contributed by atoms with van der Waals surface area (Å²) in [5, 5.41) is 0. The minimum atomic E-state index is -0.0104.